The van der Waals surface area contributed by atoms with Crippen molar-refractivity contribution in [2.45, 2.75) is 38.8 Å². The van der Waals surface area contributed by atoms with Gasteiger partial charge < -0.3 is 25.8 Å². The number of carbonyl (C=O) groups is 3. The van der Waals surface area contributed by atoms with E-state index in [1.165, 1.54) is 4.90 Å². The highest BCUT2D eigenvalue weighted by Gasteiger charge is 2.44. The van der Waals surface area contributed by atoms with Gasteiger partial charge in [-0.05, 0) is 48.6 Å². The van der Waals surface area contributed by atoms with Crippen LogP contribution in [0.1, 0.15) is 30.9 Å². The third-order valence-electron chi connectivity index (χ3n) is 6.51. The number of benzene rings is 2. The topological polar surface area (TPSA) is 134 Å². The number of anilines is 1. The van der Waals surface area contributed by atoms with Crippen molar-refractivity contribution in [1.82, 2.24) is 10.2 Å². The van der Waals surface area contributed by atoms with Crippen LogP contribution in [0, 0.1) is 5.41 Å². The van der Waals surface area contributed by atoms with Gasteiger partial charge in [0, 0.05) is 36.9 Å². The molecule has 1 saturated heterocycles. The van der Waals surface area contributed by atoms with Crippen molar-refractivity contribution in [2.24, 2.45) is 11.1 Å². The number of halogens is 1. The SMILES string of the molecule is CCc1ccc(NC(=O)OCC2(C(=O)NCc3ccccc3Cl)CCN(C(=O)C(O)CN)CC2)cc1. The molecule has 0 bridgehead atoms. The number of rotatable bonds is 9. The predicted octanol–water partition coefficient (Wildman–Crippen LogP) is 2.70. The molecule has 1 aliphatic rings. The number of nitrogens with one attached hydrogen (secondary N) is 2. The summed E-state index contributed by atoms with van der Waals surface area (Å²) in [4.78, 5) is 39.7. The Bertz CT molecular complexity index is 1050. The second kappa shape index (κ2) is 12.7. The smallest absolute Gasteiger partial charge is 0.411 e. The second-order valence-corrected chi connectivity index (χ2v) is 9.29. The summed E-state index contributed by atoms with van der Waals surface area (Å²) in [5, 5.41) is 15.9. The van der Waals surface area contributed by atoms with Gasteiger partial charge in [-0.15, -0.1) is 0 Å². The maximum atomic E-state index is 13.4. The first-order chi connectivity index (χ1) is 17.3. The van der Waals surface area contributed by atoms with Gasteiger partial charge in [-0.1, -0.05) is 48.9 Å². The van der Waals surface area contributed by atoms with Gasteiger partial charge in [0.1, 0.15) is 12.7 Å². The summed E-state index contributed by atoms with van der Waals surface area (Å²) in [6.07, 6.45) is -0.563. The zero-order valence-corrected chi connectivity index (χ0v) is 21.1. The van der Waals surface area contributed by atoms with Crippen LogP contribution in [0.2, 0.25) is 5.02 Å². The highest BCUT2D eigenvalue weighted by molar-refractivity contribution is 6.31. The lowest BCUT2D eigenvalue weighted by atomic mass is 9.78. The van der Waals surface area contributed by atoms with Crippen LogP contribution in [-0.4, -0.2) is 60.3 Å². The molecule has 2 aromatic carbocycles. The fraction of sp³-hybridized carbons (Fsp3) is 0.423. The molecule has 3 amide bonds. The molecule has 3 rings (SSSR count). The number of ether oxygens (including phenoxy) is 1. The largest absolute Gasteiger partial charge is 0.448 e. The Morgan fingerprint density at radius 2 is 1.81 bits per heavy atom. The van der Waals surface area contributed by atoms with E-state index >= 15 is 0 Å². The van der Waals surface area contributed by atoms with Crippen molar-refractivity contribution in [1.29, 1.82) is 0 Å². The highest BCUT2D eigenvalue weighted by atomic mass is 35.5. The minimum atomic E-state index is -1.28. The van der Waals surface area contributed by atoms with Gasteiger partial charge >= 0.3 is 6.09 Å². The molecule has 2 aromatic rings. The molecule has 1 atom stereocenters. The molecule has 5 N–H and O–H groups in total. The van der Waals surface area contributed by atoms with Gasteiger partial charge in [0.25, 0.3) is 5.91 Å². The average Bonchev–Trinajstić information content (AvgIpc) is 2.91. The monoisotopic (exact) mass is 516 g/mol. The highest BCUT2D eigenvalue weighted by Crippen LogP contribution is 2.33. The molecule has 0 spiro atoms. The number of aliphatic hydroxyl groups is 1. The van der Waals surface area contributed by atoms with E-state index in [2.05, 4.69) is 10.6 Å². The average molecular weight is 517 g/mol. The molecular formula is C26H33ClN4O5. The number of piperidine rings is 1. The van der Waals surface area contributed by atoms with Crippen LogP contribution in [0.3, 0.4) is 0 Å². The number of aliphatic hydroxyl groups excluding tert-OH is 1. The van der Waals surface area contributed by atoms with E-state index in [-0.39, 0.29) is 51.5 Å². The molecule has 1 heterocycles. The van der Waals surface area contributed by atoms with Crippen molar-refractivity contribution in [3.05, 3.63) is 64.7 Å². The Kier molecular flexibility index (Phi) is 9.69. The lowest BCUT2D eigenvalue weighted by molar-refractivity contribution is -0.147. The molecule has 0 aromatic heterocycles. The first-order valence-electron chi connectivity index (χ1n) is 12.0. The van der Waals surface area contributed by atoms with Gasteiger partial charge in [0.15, 0.2) is 0 Å². The van der Waals surface area contributed by atoms with E-state index in [0.717, 1.165) is 17.5 Å². The zero-order valence-electron chi connectivity index (χ0n) is 20.3. The molecule has 1 unspecified atom stereocenters. The summed E-state index contributed by atoms with van der Waals surface area (Å²) < 4.78 is 5.50. The van der Waals surface area contributed by atoms with E-state index < -0.39 is 23.5 Å². The molecule has 1 aliphatic heterocycles. The summed E-state index contributed by atoms with van der Waals surface area (Å²) in [6, 6.07) is 14.6. The zero-order chi connectivity index (χ0) is 26.1. The normalized spacial score (nSPS) is 15.6. The number of carbonyl (C=O) groups excluding carboxylic acids is 3. The molecule has 0 saturated carbocycles. The Morgan fingerprint density at radius 1 is 1.14 bits per heavy atom. The number of aryl methyl sites for hydroxylation is 1. The Balaban J connectivity index is 1.67. The van der Waals surface area contributed by atoms with Crippen LogP contribution in [0.5, 0.6) is 0 Å². The molecular weight excluding hydrogens is 484 g/mol. The number of nitrogens with zero attached hydrogens (tertiary/aromatic N) is 1. The number of likely N-dealkylation sites (tertiary alicyclic amines) is 1. The summed E-state index contributed by atoms with van der Waals surface area (Å²) >= 11 is 6.22. The summed E-state index contributed by atoms with van der Waals surface area (Å²) in [6.45, 7) is 2.36. The van der Waals surface area contributed by atoms with Crippen molar-refractivity contribution < 1.29 is 24.2 Å². The van der Waals surface area contributed by atoms with E-state index in [0.29, 0.717) is 10.7 Å². The minimum absolute atomic E-state index is 0.165. The fourth-order valence-corrected chi connectivity index (χ4v) is 4.29. The predicted molar refractivity (Wildman–Crippen MR) is 137 cm³/mol. The quantitative estimate of drug-likeness (QED) is 0.405. The van der Waals surface area contributed by atoms with E-state index in [9.17, 15) is 19.5 Å². The second-order valence-electron chi connectivity index (χ2n) is 8.88. The maximum Gasteiger partial charge on any atom is 0.411 e. The Morgan fingerprint density at radius 3 is 2.42 bits per heavy atom. The van der Waals surface area contributed by atoms with Crippen LogP contribution >= 0.6 is 11.6 Å². The van der Waals surface area contributed by atoms with Crippen molar-refractivity contribution >= 4 is 35.2 Å². The lowest BCUT2D eigenvalue weighted by Gasteiger charge is -2.40. The lowest BCUT2D eigenvalue weighted by Crippen LogP contribution is -2.54. The molecule has 0 radical (unpaired) electrons. The molecule has 36 heavy (non-hydrogen) atoms. The third kappa shape index (κ3) is 6.96. The van der Waals surface area contributed by atoms with Gasteiger partial charge in [0.2, 0.25) is 5.91 Å². The summed E-state index contributed by atoms with van der Waals surface area (Å²) in [5.74, 6) is -0.772. The Labute approximate surface area is 215 Å². The number of nitrogens with two attached hydrogens (primary N) is 1. The van der Waals surface area contributed by atoms with Gasteiger partial charge in [-0.2, -0.15) is 0 Å². The first kappa shape index (κ1) is 27.4. The van der Waals surface area contributed by atoms with Crippen LogP contribution in [0.4, 0.5) is 10.5 Å². The van der Waals surface area contributed by atoms with Gasteiger partial charge in [0.05, 0.1) is 5.41 Å². The standard InChI is InChI=1S/C26H33ClN4O5/c1-2-18-7-9-20(10-8-18)30-25(35)36-17-26(11-13-31(14-12-26)23(33)22(32)15-28)24(34)29-16-19-5-3-4-6-21(19)27/h3-10,22,32H,2,11-17,28H2,1H3,(H,29,34)(H,30,35). The Hall–Kier alpha value is -3.14. The molecule has 9 nitrogen and oxygen atoms in total. The van der Waals surface area contributed by atoms with E-state index in [1.807, 2.05) is 31.2 Å². The van der Waals surface area contributed by atoms with Crippen LogP contribution in [0.25, 0.3) is 0 Å². The third-order valence-corrected chi connectivity index (χ3v) is 6.88. The maximum absolute atomic E-state index is 13.4. The van der Waals surface area contributed by atoms with Gasteiger partial charge in [-0.3, -0.25) is 14.9 Å². The van der Waals surface area contributed by atoms with Crippen molar-refractivity contribution in [3.63, 3.8) is 0 Å². The van der Waals surface area contributed by atoms with Crippen LogP contribution in [0.15, 0.2) is 48.5 Å². The summed E-state index contributed by atoms with van der Waals surface area (Å²) in [5.41, 5.74) is 6.86. The summed E-state index contributed by atoms with van der Waals surface area (Å²) in [7, 11) is 0. The molecule has 10 heteroatoms. The van der Waals surface area contributed by atoms with Crippen LogP contribution < -0.4 is 16.4 Å². The molecule has 1 fully saturated rings. The van der Waals surface area contributed by atoms with Crippen molar-refractivity contribution in [2.75, 3.05) is 31.6 Å². The number of hydrogen-bond donors (Lipinski definition) is 4. The van der Waals surface area contributed by atoms with Crippen LogP contribution in [-0.2, 0) is 27.3 Å². The molecule has 0 aliphatic carbocycles. The number of amides is 3. The minimum Gasteiger partial charge on any atom is -0.448 e. The molecule has 194 valence electrons. The first-order valence-corrected chi connectivity index (χ1v) is 12.4. The number of hydrogen-bond acceptors (Lipinski definition) is 6. The fourth-order valence-electron chi connectivity index (χ4n) is 4.09. The van der Waals surface area contributed by atoms with Gasteiger partial charge in [-0.25, -0.2) is 4.79 Å². The van der Waals surface area contributed by atoms with E-state index in [4.69, 9.17) is 22.1 Å². The van der Waals surface area contributed by atoms with E-state index in [1.54, 1.807) is 24.3 Å². The van der Waals surface area contributed by atoms with Crippen molar-refractivity contribution in [3.8, 4) is 0 Å².